The monoisotopic (exact) mass is 418 g/mol. The number of imide groups is 1. The molecular formula is C20H26N4O4S. The average molecular weight is 419 g/mol. The SMILES string of the molecule is CC1CC(=O)N(C(=O)N[C@H](CSc2ccccc2)C(=O)N2CCC[C@H]2C(N)=O)C1. The van der Waals surface area contributed by atoms with Crippen LogP contribution in [-0.2, 0) is 14.4 Å². The molecule has 0 radical (unpaired) electrons. The van der Waals surface area contributed by atoms with E-state index in [1.165, 1.54) is 16.7 Å². The summed E-state index contributed by atoms with van der Waals surface area (Å²) in [5.74, 6) is -0.747. The second kappa shape index (κ2) is 9.30. The lowest BCUT2D eigenvalue weighted by atomic mass is 10.2. The molecular weight excluding hydrogens is 392 g/mol. The van der Waals surface area contributed by atoms with Crippen molar-refractivity contribution in [3.05, 3.63) is 30.3 Å². The minimum absolute atomic E-state index is 0.0962. The van der Waals surface area contributed by atoms with E-state index < -0.39 is 24.0 Å². The minimum atomic E-state index is -0.864. The van der Waals surface area contributed by atoms with Gasteiger partial charge in [0, 0.05) is 30.2 Å². The van der Waals surface area contributed by atoms with E-state index in [0.29, 0.717) is 32.4 Å². The number of nitrogens with zero attached hydrogens (tertiary/aromatic N) is 2. The highest BCUT2D eigenvalue weighted by atomic mass is 32.2. The van der Waals surface area contributed by atoms with Crippen LogP contribution in [0.2, 0.25) is 0 Å². The van der Waals surface area contributed by atoms with E-state index in [9.17, 15) is 19.2 Å². The van der Waals surface area contributed by atoms with Crippen molar-refractivity contribution in [1.29, 1.82) is 0 Å². The summed E-state index contributed by atoms with van der Waals surface area (Å²) in [5.41, 5.74) is 5.45. The van der Waals surface area contributed by atoms with Crippen LogP contribution in [0.1, 0.15) is 26.2 Å². The van der Waals surface area contributed by atoms with Gasteiger partial charge in [-0.25, -0.2) is 4.79 Å². The smallest absolute Gasteiger partial charge is 0.324 e. The van der Waals surface area contributed by atoms with Gasteiger partial charge in [0.2, 0.25) is 17.7 Å². The summed E-state index contributed by atoms with van der Waals surface area (Å²) in [5, 5.41) is 2.72. The molecule has 3 N–H and O–H groups in total. The molecule has 3 atom stereocenters. The summed E-state index contributed by atoms with van der Waals surface area (Å²) in [6.45, 7) is 2.67. The Balaban J connectivity index is 1.73. The van der Waals surface area contributed by atoms with Gasteiger partial charge in [0.05, 0.1) is 0 Å². The predicted molar refractivity (Wildman–Crippen MR) is 109 cm³/mol. The normalized spacial score (nSPS) is 22.6. The summed E-state index contributed by atoms with van der Waals surface area (Å²) < 4.78 is 0. The number of thioether (sulfide) groups is 1. The fourth-order valence-corrected chi connectivity index (χ4v) is 4.64. The van der Waals surface area contributed by atoms with Crippen LogP contribution >= 0.6 is 11.8 Å². The van der Waals surface area contributed by atoms with Crippen molar-refractivity contribution in [2.24, 2.45) is 11.7 Å². The zero-order valence-electron chi connectivity index (χ0n) is 16.4. The summed E-state index contributed by atoms with van der Waals surface area (Å²) in [7, 11) is 0. The number of rotatable bonds is 6. The number of urea groups is 1. The van der Waals surface area contributed by atoms with Crippen molar-refractivity contribution in [3.63, 3.8) is 0 Å². The zero-order chi connectivity index (χ0) is 21.0. The van der Waals surface area contributed by atoms with E-state index >= 15 is 0 Å². The van der Waals surface area contributed by atoms with Gasteiger partial charge in [0.1, 0.15) is 12.1 Å². The van der Waals surface area contributed by atoms with Crippen molar-refractivity contribution in [1.82, 2.24) is 15.1 Å². The highest BCUT2D eigenvalue weighted by Gasteiger charge is 2.38. The van der Waals surface area contributed by atoms with Crippen molar-refractivity contribution in [2.45, 2.75) is 43.2 Å². The number of nitrogens with one attached hydrogen (secondary N) is 1. The molecule has 156 valence electrons. The molecule has 29 heavy (non-hydrogen) atoms. The van der Waals surface area contributed by atoms with E-state index in [-0.39, 0.29) is 23.5 Å². The second-order valence-corrected chi connectivity index (χ2v) is 8.63. The molecule has 2 saturated heterocycles. The Bertz CT molecular complexity index is 788. The fourth-order valence-electron chi connectivity index (χ4n) is 3.71. The first-order chi connectivity index (χ1) is 13.9. The number of carbonyl (C=O) groups is 4. The summed E-state index contributed by atoms with van der Waals surface area (Å²) in [6, 6.07) is 7.44. The number of amides is 5. The summed E-state index contributed by atoms with van der Waals surface area (Å²) >= 11 is 1.43. The van der Waals surface area contributed by atoms with Gasteiger partial charge in [0.25, 0.3) is 0 Å². The van der Waals surface area contributed by atoms with Crippen LogP contribution < -0.4 is 11.1 Å². The van der Waals surface area contributed by atoms with E-state index in [0.717, 1.165) is 9.80 Å². The second-order valence-electron chi connectivity index (χ2n) is 7.53. The Kier molecular flexibility index (Phi) is 6.79. The van der Waals surface area contributed by atoms with Crippen molar-refractivity contribution >= 4 is 35.5 Å². The molecule has 1 aromatic carbocycles. The lowest BCUT2D eigenvalue weighted by Crippen LogP contribution is -2.56. The number of hydrogen-bond acceptors (Lipinski definition) is 5. The number of primary amides is 1. The highest BCUT2D eigenvalue weighted by molar-refractivity contribution is 7.99. The third-order valence-corrected chi connectivity index (χ3v) is 6.29. The van der Waals surface area contributed by atoms with E-state index in [2.05, 4.69) is 5.32 Å². The van der Waals surface area contributed by atoms with Gasteiger partial charge in [-0.15, -0.1) is 11.8 Å². The lowest BCUT2D eigenvalue weighted by molar-refractivity contribution is -0.138. The van der Waals surface area contributed by atoms with Crippen LogP contribution in [0.3, 0.4) is 0 Å². The van der Waals surface area contributed by atoms with Gasteiger partial charge < -0.3 is 16.0 Å². The van der Waals surface area contributed by atoms with Crippen molar-refractivity contribution in [3.8, 4) is 0 Å². The average Bonchev–Trinajstić information content (AvgIpc) is 3.31. The molecule has 3 rings (SSSR count). The molecule has 0 bridgehead atoms. The van der Waals surface area contributed by atoms with Crippen LogP contribution in [0.15, 0.2) is 35.2 Å². The van der Waals surface area contributed by atoms with Crippen LogP contribution in [0.5, 0.6) is 0 Å². The number of carbonyl (C=O) groups excluding carboxylic acids is 4. The number of hydrogen-bond donors (Lipinski definition) is 2. The highest BCUT2D eigenvalue weighted by Crippen LogP contribution is 2.23. The zero-order valence-corrected chi connectivity index (χ0v) is 17.2. The third kappa shape index (κ3) is 5.09. The Morgan fingerprint density at radius 2 is 2.00 bits per heavy atom. The minimum Gasteiger partial charge on any atom is -0.368 e. The lowest BCUT2D eigenvalue weighted by Gasteiger charge is -2.28. The Morgan fingerprint density at radius 3 is 2.62 bits per heavy atom. The van der Waals surface area contributed by atoms with Gasteiger partial charge in [-0.3, -0.25) is 19.3 Å². The van der Waals surface area contributed by atoms with Crippen LogP contribution in [0.25, 0.3) is 0 Å². The van der Waals surface area contributed by atoms with Gasteiger partial charge >= 0.3 is 6.03 Å². The molecule has 0 saturated carbocycles. The largest absolute Gasteiger partial charge is 0.368 e. The molecule has 8 nitrogen and oxygen atoms in total. The first kappa shape index (κ1) is 21.2. The van der Waals surface area contributed by atoms with Crippen molar-refractivity contribution < 1.29 is 19.2 Å². The van der Waals surface area contributed by atoms with Gasteiger partial charge in [-0.2, -0.15) is 0 Å². The molecule has 1 aromatic rings. The first-order valence-corrected chi connectivity index (χ1v) is 10.7. The maximum absolute atomic E-state index is 13.2. The fraction of sp³-hybridized carbons (Fsp3) is 0.500. The molecule has 9 heteroatoms. The van der Waals surface area contributed by atoms with Gasteiger partial charge in [-0.05, 0) is 30.9 Å². The van der Waals surface area contributed by atoms with Gasteiger partial charge in [-0.1, -0.05) is 25.1 Å². The molecule has 0 aromatic heterocycles. The first-order valence-electron chi connectivity index (χ1n) is 9.75. The Morgan fingerprint density at radius 1 is 1.28 bits per heavy atom. The molecule has 0 aliphatic carbocycles. The maximum atomic E-state index is 13.2. The predicted octanol–water partition coefficient (Wildman–Crippen LogP) is 1.20. The molecule has 1 unspecified atom stereocenters. The quantitative estimate of drug-likeness (QED) is 0.674. The Labute approximate surface area is 174 Å². The van der Waals surface area contributed by atoms with Crippen LogP contribution in [0, 0.1) is 5.92 Å². The molecule has 2 heterocycles. The number of nitrogens with two attached hydrogens (primary N) is 1. The summed E-state index contributed by atoms with van der Waals surface area (Å²) in [6.07, 6.45) is 1.53. The number of likely N-dealkylation sites (tertiary alicyclic amines) is 2. The molecule has 0 spiro atoms. The third-order valence-electron chi connectivity index (χ3n) is 5.18. The topological polar surface area (TPSA) is 113 Å². The van der Waals surface area contributed by atoms with E-state index in [1.807, 2.05) is 37.3 Å². The van der Waals surface area contributed by atoms with E-state index in [1.54, 1.807) is 0 Å². The van der Waals surface area contributed by atoms with Gasteiger partial charge in [0.15, 0.2) is 0 Å². The van der Waals surface area contributed by atoms with Crippen LogP contribution in [-0.4, -0.2) is 64.5 Å². The van der Waals surface area contributed by atoms with Crippen LogP contribution in [0.4, 0.5) is 4.79 Å². The Hall–Kier alpha value is -2.55. The molecule has 2 aliphatic rings. The number of benzene rings is 1. The molecule has 2 aliphatic heterocycles. The molecule has 2 fully saturated rings. The standard InChI is InChI=1S/C20H26N4O4S/c1-13-10-17(25)24(11-13)20(28)22-15(12-29-14-6-3-2-4-7-14)19(27)23-9-5-8-16(23)18(21)26/h2-4,6-7,13,15-16H,5,8-12H2,1H3,(H2,21,26)(H,22,28)/t13?,15-,16+/m1/s1. The van der Waals surface area contributed by atoms with Crippen molar-refractivity contribution in [2.75, 3.05) is 18.8 Å². The maximum Gasteiger partial charge on any atom is 0.324 e. The summed E-state index contributed by atoms with van der Waals surface area (Å²) in [4.78, 5) is 53.2. The molecule has 5 amide bonds. The van der Waals surface area contributed by atoms with E-state index in [4.69, 9.17) is 5.73 Å².